The van der Waals surface area contributed by atoms with Gasteiger partial charge in [0.1, 0.15) is 0 Å². The van der Waals surface area contributed by atoms with Gasteiger partial charge in [0, 0.05) is 7.11 Å². The van der Waals surface area contributed by atoms with Crippen LogP contribution in [0.1, 0.15) is 73.1 Å². The number of methoxy groups -OCH3 is 1. The molecule has 0 amide bonds. The third-order valence-electron chi connectivity index (χ3n) is 7.12. The van der Waals surface area contributed by atoms with Crippen LogP contribution >= 0.6 is 0 Å². The molecule has 2 aliphatic rings. The second-order valence-electron chi connectivity index (χ2n) is 8.90. The zero-order valence-corrected chi connectivity index (χ0v) is 15.7. The molecule has 2 rings (SSSR count). The van der Waals surface area contributed by atoms with E-state index in [9.17, 15) is 0 Å². The predicted molar refractivity (Wildman–Crippen MR) is 95.9 cm³/mol. The fourth-order valence-electron chi connectivity index (χ4n) is 5.41. The molecule has 0 heterocycles. The first-order chi connectivity index (χ1) is 10.2. The van der Waals surface area contributed by atoms with Gasteiger partial charge in [0.25, 0.3) is 0 Å². The summed E-state index contributed by atoms with van der Waals surface area (Å²) in [7, 11) is 1.81. The molecule has 0 aromatic rings. The summed E-state index contributed by atoms with van der Waals surface area (Å²) in [5.74, 6) is 1.51. The zero-order chi connectivity index (χ0) is 16.6. The van der Waals surface area contributed by atoms with E-state index in [-0.39, 0.29) is 5.60 Å². The van der Waals surface area contributed by atoms with E-state index in [0.29, 0.717) is 16.7 Å². The van der Waals surface area contributed by atoms with E-state index in [4.69, 9.17) is 4.74 Å². The van der Waals surface area contributed by atoms with E-state index in [1.54, 1.807) is 12.7 Å². The molecule has 22 heavy (non-hydrogen) atoms. The van der Waals surface area contributed by atoms with Gasteiger partial charge in [0.2, 0.25) is 0 Å². The molecule has 0 spiro atoms. The van der Waals surface area contributed by atoms with Crippen LogP contribution < -0.4 is 0 Å². The number of hydrogen-bond acceptors (Lipinski definition) is 1. The lowest BCUT2D eigenvalue weighted by Gasteiger charge is -2.57. The van der Waals surface area contributed by atoms with Crippen LogP contribution in [-0.2, 0) is 4.74 Å². The maximum atomic E-state index is 5.69. The van der Waals surface area contributed by atoms with Crippen LogP contribution in [0, 0.1) is 22.7 Å². The van der Waals surface area contributed by atoms with Gasteiger partial charge in [-0.25, -0.2) is 0 Å². The molecular weight excluding hydrogens is 268 g/mol. The van der Waals surface area contributed by atoms with Crippen molar-refractivity contribution in [2.45, 2.75) is 78.7 Å². The van der Waals surface area contributed by atoms with Gasteiger partial charge in [-0.3, -0.25) is 0 Å². The van der Waals surface area contributed by atoms with Crippen LogP contribution in [0.4, 0.5) is 0 Å². The molecule has 2 aliphatic carbocycles. The average molecular weight is 305 g/mol. The van der Waals surface area contributed by atoms with Gasteiger partial charge in [-0.2, -0.15) is 0 Å². The number of ether oxygens (including phenoxy) is 1. The highest BCUT2D eigenvalue weighted by atomic mass is 16.5. The molecule has 0 N–H and O–H groups in total. The summed E-state index contributed by atoms with van der Waals surface area (Å²) in [5.41, 5.74) is 2.36. The summed E-state index contributed by atoms with van der Waals surface area (Å²) in [6.45, 7) is 16.0. The van der Waals surface area contributed by atoms with Crippen molar-refractivity contribution in [1.82, 2.24) is 0 Å². The molecule has 0 aromatic carbocycles. The minimum atomic E-state index is -0.187. The third kappa shape index (κ3) is 3.07. The lowest BCUT2D eigenvalue weighted by Crippen LogP contribution is -2.48. The fourth-order valence-corrected chi connectivity index (χ4v) is 5.41. The van der Waals surface area contributed by atoms with Crippen LogP contribution in [0.5, 0.6) is 0 Å². The third-order valence-corrected chi connectivity index (χ3v) is 7.12. The van der Waals surface area contributed by atoms with Crippen molar-refractivity contribution in [2.24, 2.45) is 22.7 Å². The smallest absolute Gasteiger partial charge is 0.0828 e. The summed E-state index contributed by atoms with van der Waals surface area (Å²) >= 11 is 0. The van der Waals surface area contributed by atoms with Crippen molar-refractivity contribution < 1.29 is 4.74 Å². The lowest BCUT2D eigenvalue weighted by molar-refractivity contribution is -0.0466. The van der Waals surface area contributed by atoms with Crippen LogP contribution in [0.25, 0.3) is 0 Å². The Bertz CT molecular complexity index is 447. The van der Waals surface area contributed by atoms with Crippen molar-refractivity contribution in [3.63, 3.8) is 0 Å². The topological polar surface area (TPSA) is 9.23 Å². The standard InChI is InChI=1S/C21H36O/c1-8-20(5,22-7)15-12-17-16(2)10-11-18-19(3,4)13-9-14-21(17,18)6/h8,10,17-18H,1,9,11-15H2,2-7H3/t17-,18-,20-,21+/m0/s1. The first kappa shape index (κ1) is 17.8. The molecule has 1 fully saturated rings. The average Bonchev–Trinajstić information content (AvgIpc) is 2.45. The largest absolute Gasteiger partial charge is 0.374 e. The molecule has 0 radical (unpaired) electrons. The molecular formula is C21H36O. The van der Waals surface area contributed by atoms with Gasteiger partial charge in [-0.05, 0) is 68.6 Å². The second-order valence-corrected chi connectivity index (χ2v) is 8.90. The van der Waals surface area contributed by atoms with E-state index < -0.39 is 0 Å². The summed E-state index contributed by atoms with van der Waals surface area (Å²) in [4.78, 5) is 0. The summed E-state index contributed by atoms with van der Waals surface area (Å²) in [5, 5.41) is 0. The predicted octanol–water partition coefficient (Wildman–Crippen LogP) is 6.16. The summed E-state index contributed by atoms with van der Waals surface area (Å²) in [6.07, 6.45) is 12.2. The molecule has 0 unspecified atom stereocenters. The van der Waals surface area contributed by atoms with Gasteiger partial charge in [0.15, 0.2) is 0 Å². The quantitative estimate of drug-likeness (QED) is 0.553. The minimum absolute atomic E-state index is 0.187. The molecule has 0 aliphatic heterocycles. The minimum Gasteiger partial charge on any atom is -0.374 e. The van der Waals surface area contributed by atoms with E-state index in [2.05, 4.69) is 47.3 Å². The number of hydrogen-bond donors (Lipinski definition) is 0. The second kappa shape index (κ2) is 6.15. The highest BCUT2D eigenvalue weighted by molar-refractivity contribution is 5.18. The summed E-state index contributed by atoms with van der Waals surface area (Å²) < 4.78 is 5.69. The Morgan fingerprint density at radius 1 is 1.36 bits per heavy atom. The van der Waals surface area contributed by atoms with Gasteiger partial charge < -0.3 is 4.74 Å². The molecule has 1 heteroatoms. The van der Waals surface area contributed by atoms with E-state index >= 15 is 0 Å². The van der Waals surface area contributed by atoms with Crippen LogP contribution in [0.3, 0.4) is 0 Å². The Kier molecular flexibility index (Phi) is 4.97. The lowest BCUT2D eigenvalue weighted by atomic mass is 9.48. The molecule has 0 saturated heterocycles. The Balaban J connectivity index is 2.23. The first-order valence-corrected chi connectivity index (χ1v) is 9.04. The highest BCUT2D eigenvalue weighted by Crippen LogP contribution is 2.60. The summed E-state index contributed by atoms with van der Waals surface area (Å²) in [6, 6.07) is 0. The molecule has 1 nitrogen and oxygen atoms in total. The Labute approximate surface area is 138 Å². The molecule has 1 saturated carbocycles. The van der Waals surface area contributed by atoms with Gasteiger partial charge >= 0.3 is 0 Å². The monoisotopic (exact) mass is 304 g/mol. The molecule has 0 bridgehead atoms. The Morgan fingerprint density at radius 3 is 2.64 bits per heavy atom. The van der Waals surface area contributed by atoms with Crippen molar-refractivity contribution >= 4 is 0 Å². The van der Waals surface area contributed by atoms with Gasteiger partial charge in [-0.1, -0.05) is 44.9 Å². The van der Waals surface area contributed by atoms with E-state index in [1.165, 1.54) is 32.1 Å². The van der Waals surface area contributed by atoms with Crippen LogP contribution in [0.2, 0.25) is 0 Å². The van der Waals surface area contributed by atoms with Crippen molar-refractivity contribution in [1.29, 1.82) is 0 Å². The van der Waals surface area contributed by atoms with E-state index in [0.717, 1.165) is 12.3 Å². The van der Waals surface area contributed by atoms with Gasteiger partial charge in [-0.15, -0.1) is 6.58 Å². The maximum Gasteiger partial charge on any atom is 0.0828 e. The first-order valence-electron chi connectivity index (χ1n) is 9.04. The number of rotatable bonds is 5. The van der Waals surface area contributed by atoms with Crippen LogP contribution in [0.15, 0.2) is 24.3 Å². The maximum absolute atomic E-state index is 5.69. The van der Waals surface area contributed by atoms with Crippen molar-refractivity contribution in [3.8, 4) is 0 Å². The van der Waals surface area contributed by atoms with Gasteiger partial charge in [0.05, 0.1) is 5.60 Å². The Hall–Kier alpha value is -0.560. The van der Waals surface area contributed by atoms with Crippen LogP contribution in [-0.4, -0.2) is 12.7 Å². The number of allylic oxidation sites excluding steroid dienone is 2. The molecule has 4 atom stereocenters. The van der Waals surface area contributed by atoms with E-state index in [1.807, 2.05) is 6.08 Å². The SMILES string of the molecule is C=C[C@@](C)(CC[C@H]1C(C)=CC[C@H]2C(C)(C)CCC[C@]12C)OC. The molecule has 0 aromatic heterocycles. The van der Waals surface area contributed by atoms with Crippen molar-refractivity contribution in [3.05, 3.63) is 24.3 Å². The highest BCUT2D eigenvalue weighted by Gasteiger charge is 2.51. The zero-order valence-electron chi connectivity index (χ0n) is 15.7. The molecule has 126 valence electrons. The Morgan fingerprint density at radius 2 is 2.05 bits per heavy atom. The van der Waals surface area contributed by atoms with Crippen molar-refractivity contribution in [2.75, 3.05) is 7.11 Å². The fraction of sp³-hybridized carbons (Fsp3) is 0.810. The number of fused-ring (bicyclic) bond motifs is 1. The normalized spacial score (nSPS) is 36.9.